The van der Waals surface area contributed by atoms with E-state index in [0.29, 0.717) is 29.1 Å². The number of hydrogen-bond donors (Lipinski definition) is 3. The highest BCUT2D eigenvalue weighted by atomic mass is 16.5. The lowest BCUT2D eigenvalue weighted by atomic mass is 10.1. The van der Waals surface area contributed by atoms with Crippen molar-refractivity contribution in [2.45, 2.75) is 13.1 Å². The summed E-state index contributed by atoms with van der Waals surface area (Å²) in [6.45, 7) is 0.434. The molecule has 0 radical (unpaired) electrons. The molecule has 1 heterocycles. The summed E-state index contributed by atoms with van der Waals surface area (Å²) in [7, 11) is 1.60. The highest BCUT2D eigenvalue weighted by molar-refractivity contribution is 5.95. The minimum absolute atomic E-state index is 0.0272. The molecule has 0 fully saturated rings. The first-order valence-corrected chi connectivity index (χ1v) is 8.89. The van der Waals surface area contributed by atoms with Crippen LogP contribution in [0.5, 0.6) is 5.75 Å². The Morgan fingerprint density at radius 1 is 1.14 bits per heavy atom. The monoisotopic (exact) mass is 391 g/mol. The maximum Gasteiger partial charge on any atom is 0.269 e. The SMILES string of the molecule is COc1ccc(CNC(=O)c2cccc(-c3cnc(CN)c(C(N)=O)n3)c2)cc1. The number of primary amides is 1. The molecule has 8 heteroatoms. The number of nitrogens with zero attached hydrogens (tertiary/aromatic N) is 2. The first kappa shape index (κ1) is 20.0. The summed E-state index contributed by atoms with van der Waals surface area (Å²) in [4.78, 5) is 32.6. The first-order chi connectivity index (χ1) is 14.0. The van der Waals surface area contributed by atoms with E-state index in [0.717, 1.165) is 11.3 Å². The van der Waals surface area contributed by atoms with Gasteiger partial charge in [-0.25, -0.2) is 4.98 Å². The summed E-state index contributed by atoms with van der Waals surface area (Å²) >= 11 is 0. The van der Waals surface area contributed by atoms with Gasteiger partial charge < -0.3 is 21.5 Å². The predicted octanol–water partition coefficient (Wildman–Crippen LogP) is 1.64. The number of aromatic nitrogens is 2. The van der Waals surface area contributed by atoms with Gasteiger partial charge >= 0.3 is 0 Å². The highest BCUT2D eigenvalue weighted by Gasteiger charge is 2.14. The van der Waals surface area contributed by atoms with E-state index in [1.165, 1.54) is 6.20 Å². The second-order valence-electron chi connectivity index (χ2n) is 6.23. The number of carbonyl (C=O) groups is 2. The molecule has 0 aliphatic rings. The number of nitrogens with one attached hydrogen (secondary N) is 1. The van der Waals surface area contributed by atoms with Crippen LogP contribution in [0.3, 0.4) is 0 Å². The van der Waals surface area contributed by atoms with Gasteiger partial charge in [-0.2, -0.15) is 0 Å². The maximum atomic E-state index is 12.5. The average molecular weight is 391 g/mol. The lowest BCUT2D eigenvalue weighted by Crippen LogP contribution is -2.22. The third kappa shape index (κ3) is 4.74. The number of carbonyl (C=O) groups excluding carboxylic acids is 2. The third-order valence-electron chi connectivity index (χ3n) is 4.31. The van der Waals surface area contributed by atoms with E-state index in [1.54, 1.807) is 31.4 Å². The Morgan fingerprint density at radius 3 is 2.55 bits per heavy atom. The van der Waals surface area contributed by atoms with E-state index < -0.39 is 5.91 Å². The first-order valence-electron chi connectivity index (χ1n) is 8.89. The van der Waals surface area contributed by atoms with Crippen LogP contribution in [0.15, 0.2) is 54.7 Å². The fourth-order valence-corrected chi connectivity index (χ4v) is 2.75. The molecule has 3 aromatic rings. The topological polar surface area (TPSA) is 133 Å². The normalized spacial score (nSPS) is 10.4. The van der Waals surface area contributed by atoms with Crippen molar-refractivity contribution in [3.05, 3.63) is 77.2 Å². The minimum atomic E-state index is -0.701. The van der Waals surface area contributed by atoms with E-state index in [9.17, 15) is 9.59 Å². The van der Waals surface area contributed by atoms with Crippen molar-refractivity contribution in [3.8, 4) is 17.0 Å². The van der Waals surface area contributed by atoms with Gasteiger partial charge in [-0.3, -0.25) is 14.6 Å². The van der Waals surface area contributed by atoms with Crippen LogP contribution in [0.1, 0.15) is 32.1 Å². The molecular formula is C21H21N5O3. The van der Waals surface area contributed by atoms with Gasteiger partial charge in [0.05, 0.1) is 24.7 Å². The van der Waals surface area contributed by atoms with Gasteiger partial charge in [-0.05, 0) is 29.8 Å². The summed E-state index contributed by atoms with van der Waals surface area (Å²) in [5.74, 6) is -0.178. The van der Waals surface area contributed by atoms with Crippen molar-refractivity contribution in [1.82, 2.24) is 15.3 Å². The molecule has 2 amide bonds. The predicted molar refractivity (Wildman–Crippen MR) is 108 cm³/mol. The van der Waals surface area contributed by atoms with Crippen LogP contribution in [0.25, 0.3) is 11.3 Å². The number of rotatable bonds is 7. The quantitative estimate of drug-likeness (QED) is 0.561. The molecule has 0 spiro atoms. The molecule has 0 bridgehead atoms. The molecule has 0 unspecified atom stereocenters. The van der Waals surface area contributed by atoms with Gasteiger partial charge in [0.1, 0.15) is 5.75 Å². The molecule has 0 saturated heterocycles. The van der Waals surface area contributed by atoms with Crippen LogP contribution in [0.2, 0.25) is 0 Å². The molecule has 0 atom stereocenters. The second kappa shape index (κ2) is 8.94. The average Bonchev–Trinajstić information content (AvgIpc) is 2.77. The van der Waals surface area contributed by atoms with Crippen LogP contribution in [-0.4, -0.2) is 28.9 Å². The molecule has 0 aliphatic heterocycles. The van der Waals surface area contributed by atoms with Crippen molar-refractivity contribution in [3.63, 3.8) is 0 Å². The van der Waals surface area contributed by atoms with Crippen molar-refractivity contribution >= 4 is 11.8 Å². The second-order valence-corrected chi connectivity index (χ2v) is 6.23. The fraction of sp³-hybridized carbons (Fsp3) is 0.143. The molecule has 29 heavy (non-hydrogen) atoms. The Balaban J connectivity index is 1.77. The third-order valence-corrected chi connectivity index (χ3v) is 4.31. The summed E-state index contributed by atoms with van der Waals surface area (Å²) in [5.41, 5.74) is 13.8. The molecule has 3 rings (SSSR count). The van der Waals surface area contributed by atoms with Crippen LogP contribution >= 0.6 is 0 Å². The van der Waals surface area contributed by atoms with Crippen molar-refractivity contribution in [2.75, 3.05) is 7.11 Å². The number of benzene rings is 2. The number of amides is 2. The van der Waals surface area contributed by atoms with Gasteiger partial charge in [0, 0.05) is 24.2 Å². The fourth-order valence-electron chi connectivity index (χ4n) is 2.75. The molecule has 0 saturated carbocycles. The summed E-state index contributed by atoms with van der Waals surface area (Å²) in [5, 5.41) is 2.87. The highest BCUT2D eigenvalue weighted by Crippen LogP contribution is 2.19. The zero-order valence-electron chi connectivity index (χ0n) is 15.9. The largest absolute Gasteiger partial charge is 0.497 e. The number of methoxy groups -OCH3 is 1. The van der Waals surface area contributed by atoms with Crippen molar-refractivity contribution in [1.29, 1.82) is 0 Å². The van der Waals surface area contributed by atoms with Crippen molar-refractivity contribution in [2.24, 2.45) is 11.5 Å². The summed E-state index contributed by atoms with van der Waals surface area (Å²) < 4.78 is 5.12. The smallest absolute Gasteiger partial charge is 0.269 e. The Morgan fingerprint density at radius 2 is 1.90 bits per heavy atom. The van der Waals surface area contributed by atoms with E-state index in [4.69, 9.17) is 16.2 Å². The summed E-state index contributed by atoms with van der Waals surface area (Å²) in [6, 6.07) is 14.3. The van der Waals surface area contributed by atoms with E-state index >= 15 is 0 Å². The zero-order chi connectivity index (χ0) is 20.8. The lowest BCUT2D eigenvalue weighted by molar-refractivity contribution is 0.0949. The maximum absolute atomic E-state index is 12.5. The van der Waals surface area contributed by atoms with E-state index in [-0.39, 0.29) is 18.1 Å². The van der Waals surface area contributed by atoms with Crippen LogP contribution in [0, 0.1) is 0 Å². The minimum Gasteiger partial charge on any atom is -0.497 e. The molecule has 5 N–H and O–H groups in total. The van der Waals surface area contributed by atoms with Crippen LogP contribution in [0.4, 0.5) is 0 Å². The van der Waals surface area contributed by atoms with Gasteiger partial charge in [0.15, 0.2) is 5.69 Å². The number of nitrogens with two attached hydrogens (primary N) is 2. The summed E-state index contributed by atoms with van der Waals surface area (Å²) in [6.07, 6.45) is 1.50. The molecule has 2 aromatic carbocycles. The van der Waals surface area contributed by atoms with Crippen LogP contribution < -0.4 is 21.5 Å². The van der Waals surface area contributed by atoms with Gasteiger partial charge in [0.25, 0.3) is 11.8 Å². The Bertz CT molecular complexity index is 1030. The Hall–Kier alpha value is -3.78. The van der Waals surface area contributed by atoms with Gasteiger partial charge in [0.2, 0.25) is 0 Å². The van der Waals surface area contributed by atoms with Gasteiger partial charge in [-0.15, -0.1) is 0 Å². The molecule has 1 aromatic heterocycles. The van der Waals surface area contributed by atoms with E-state index in [2.05, 4.69) is 15.3 Å². The Labute approximate surface area is 167 Å². The van der Waals surface area contributed by atoms with Crippen LogP contribution in [-0.2, 0) is 13.1 Å². The zero-order valence-corrected chi connectivity index (χ0v) is 15.9. The number of ether oxygens (including phenoxy) is 1. The van der Waals surface area contributed by atoms with Crippen molar-refractivity contribution < 1.29 is 14.3 Å². The molecule has 8 nitrogen and oxygen atoms in total. The molecule has 148 valence electrons. The molecular weight excluding hydrogens is 370 g/mol. The van der Waals surface area contributed by atoms with E-state index in [1.807, 2.05) is 24.3 Å². The standard InChI is InChI=1S/C21H21N5O3/c1-29-16-7-5-13(6-8-16)11-25-21(28)15-4-2-3-14(9-15)18-12-24-17(10-22)19(26-18)20(23)27/h2-9,12H,10-11,22H2,1H3,(H2,23,27)(H,25,28). The lowest BCUT2D eigenvalue weighted by Gasteiger charge is -2.09. The molecule has 0 aliphatic carbocycles. The number of hydrogen-bond acceptors (Lipinski definition) is 6. The Kier molecular flexibility index (Phi) is 6.16. The van der Waals surface area contributed by atoms with Gasteiger partial charge in [-0.1, -0.05) is 24.3 Å².